The molecule has 1 N–H and O–H groups in total. The van der Waals surface area contributed by atoms with Crippen LogP contribution in [0, 0.1) is 12.8 Å². The molecule has 3 aromatic carbocycles. The molecule has 5 heteroatoms. The average molecular weight is 443 g/mol. The molecule has 1 aliphatic heterocycles. The van der Waals surface area contributed by atoms with E-state index in [9.17, 15) is 9.59 Å². The Hall–Kier alpha value is -3.60. The summed E-state index contributed by atoms with van der Waals surface area (Å²) in [5.41, 5.74) is 5.53. The Balaban J connectivity index is 1.50. The van der Waals surface area contributed by atoms with Crippen molar-refractivity contribution in [1.29, 1.82) is 0 Å². The van der Waals surface area contributed by atoms with Gasteiger partial charge in [-0.05, 0) is 47.7 Å². The van der Waals surface area contributed by atoms with Gasteiger partial charge in [-0.2, -0.15) is 0 Å². The van der Waals surface area contributed by atoms with Crippen LogP contribution >= 0.6 is 0 Å². The molecule has 1 atom stereocenters. The predicted octanol–water partition coefficient (Wildman–Crippen LogP) is 4.03. The zero-order chi connectivity index (χ0) is 23.2. The fourth-order valence-electron chi connectivity index (χ4n) is 4.29. The van der Waals surface area contributed by atoms with Crippen molar-refractivity contribution >= 4 is 11.8 Å². The van der Waals surface area contributed by atoms with E-state index in [-0.39, 0.29) is 17.7 Å². The fourth-order valence-corrected chi connectivity index (χ4v) is 4.29. The first-order valence-electron chi connectivity index (χ1n) is 11.4. The topological polar surface area (TPSA) is 58.6 Å². The number of nitrogens with one attached hydrogen (secondary N) is 1. The van der Waals surface area contributed by atoms with Crippen molar-refractivity contribution in [2.75, 3.05) is 26.7 Å². The van der Waals surface area contributed by atoms with Crippen molar-refractivity contribution in [2.24, 2.45) is 5.92 Å². The number of ether oxygens (including phenoxy) is 1. The van der Waals surface area contributed by atoms with E-state index in [1.807, 2.05) is 41.3 Å². The second-order valence-electron chi connectivity index (χ2n) is 8.58. The Bertz CT molecular complexity index is 1110. The van der Waals surface area contributed by atoms with Crippen LogP contribution < -0.4 is 10.1 Å². The molecule has 1 aliphatic rings. The molecule has 33 heavy (non-hydrogen) atoms. The smallest absolute Gasteiger partial charge is 0.227 e. The molecule has 0 spiro atoms. The maximum atomic E-state index is 13.1. The summed E-state index contributed by atoms with van der Waals surface area (Å²) < 4.78 is 5.20. The van der Waals surface area contributed by atoms with Crippen LogP contribution in [-0.2, 0) is 22.4 Å². The van der Waals surface area contributed by atoms with Crippen molar-refractivity contribution < 1.29 is 14.3 Å². The first kappa shape index (κ1) is 22.6. The standard InChI is InChI=1S/C28H30N2O3/c1-20-7-11-22(12-8-20)26-6-4-3-5-23(26)18-24-19-30(16-15-29-28(24)32)27(31)17-21-9-13-25(33-2)14-10-21/h3-14,24H,15-19H2,1-2H3,(H,29,32)/t24-/m0/s1. The molecular formula is C28H30N2O3. The summed E-state index contributed by atoms with van der Waals surface area (Å²) >= 11 is 0. The first-order valence-corrected chi connectivity index (χ1v) is 11.4. The normalized spacial score (nSPS) is 16.1. The van der Waals surface area contributed by atoms with Crippen LogP contribution in [0.4, 0.5) is 0 Å². The van der Waals surface area contributed by atoms with Gasteiger partial charge >= 0.3 is 0 Å². The van der Waals surface area contributed by atoms with Gasteiger partial charge in [0.25, 0.3) is 0 Å². The van der Waals surface area contributed by atoms with E-state index in [2.05, 4.69) is 48.6 Å². The van der Waals surface area contributed by atoms with Gasteiger partial charge in [0, 0.05) is 19.6 Å². The van der Waals surface area contributed by atoms with Gasteiger partial charge in [-0.25, -0.2) is 0 Å². The SMILES string of the molecule is COc1ccc(CC(=O)N2CCNC(=O)[C@@H](Cc3ccccc3-c3ccc(C)cc3)C2)cc1. The monoisotopic (exact) mass is 442 g/mol. The van der Waals surface area contributed by atoms with Crippen LogP contribution in [0.25, 0.3) is 11.1 Å². The Morgan fingerprint density at radius 3 is 2.48 bits per heavy atom. The number of carbonyl (C=O) groups is 2. The molecule has 5 nitrogen and oxygen atoms in total. The van der Waals surface area contributed by atoms with E-state index in [1.165, 1.54) is 5.56 Å². The predicted molar refractivity (Wildman–Crippen MR) is 130 cm³/mol. The third-order valence-corrected chi connectivity index (χ3v) is 6.21. The zero-order valence-corrected chi connectivity index (χ0v) is 19.2. The molecule has 1 heterocycles. The number of hydrogen-bond acceptors (Lipinski definition) is 3. The van der Waals surface area contributed by atoms with Crippen LogP contribution in [0.1, 0.15) is 16.7 Å². The number of amides is 2. The second kappa shape index (κ2) is 10.3. The molecule has 1 saturated heterocycles. The van der Waals surface area contributed by atoms with Gasteiger partial charge in [0.1, 0.15) is 5.75 Å². The number of hydrogen-bond donors (Lipinski definition) is 1. The zero-order valence-electron chi connectivity index (χ0n) is 19.2. The molecule has 0 aliphatic carbocycles. The minimum atomic E-state index is -0.293. The number of aryl methyl sites for hydroxylation is 1. The lowest BCUT2D eigenvalue weighted by Crippen LogP contribution is -2.38. The molecule has 0 radical (unpaired) electrons. The lowest BCUT2D eigenvalue weighted by Gasteiger charge is -2.24. The number of benzene rings is 3. The van der Waals surface area contributed by atoms with Crippen LogP contribution in [0.3, 0.4) is 0 Å². The Kier molecular flexibility index (Phi) is 7.08. The van der Waals surface area contributed by atoms with Crippen molar-refractivity contribution in [3.8, 4) is 16.9 Å². The Morgan fingerprint density at radius 1 is 1.03 bits per heavy atom. The summed E-state index contributed by atoms with van der Waals surface area (Å²) in [5.74, 6) is 0.518. The van der Waals surface area contributed by atoms with E-state index in [1.54, 1.807) is 7.11 Å². The minimum Gasteiger partial charge on any atom is -0.497 e. The molecule has 0 saturated carbocycles. The highest BCUT2D eigenvalue weighted by Gasteiger charge is 2.28. The van der Waals surface area contributed by atoms with Crippen molar-refractivity contribution in [2.45, 2.75) is 19.8 Å². The van der Waals surface area contributed by atoms with Crippen molar-refractivity contribution in [1.82, 2.24) is 10.2 Å². The molecule has 0 bridgehead atoms. The molecule has 3 aromatic rings. The first-order chi connectivity index (χ1) is 16.0. The molecule has 1 fully saturated rings. The third-order valence-electron chi connectivity index (χ3n) is 6.21. The Morgan fingerprint density at radius 2 is 1.76 bits per heavy atom. The average Bonchev–Trinajstić information content (AvgIpc) is 3.02. The maximum absolute atomic E-state index is 13.1. The third kappa shape index (κ3) is 5.61. The van der Waals surface area contributed by atoms with E-state index < -0.39 is 0 Å². The fraction of sp³-hybridized carbons (Fsp3) is 0.286. The molecular weight excluding hydrogens is 412 g/mol. The largest absolute Gasteiger partial charge is 0.497 e. The minimum absolute atomic E-state index is 0.00783. The highest BCUT2D eigenvalue weighted by molar-refractivity contribution is 5.83. The molecule has 2 amide bonds. The quantitative estimate of drug-likeness (QED) is 0.627. The van der Waals surface area contributed by atoms with Gasteiger partial charge in [-0.15, -0.1) is 0 Å². The highest BCUT2D eigenvalue weighted by atomic mass is 16.5. The molecule has 170 valence electrons. The second-order valence-corrected chi connectivity index (χ2v) is 8.58. The number of rotatable bonds is 6. The van der Waals surface area contributed by atoms with Crippen LogP contribution in [0.2, 0.25) is 0 Å². The molecule has 0 unspecified atom stereocenters. The summed E-state index contributed by atoms with van der Waals surface area (Å²) in [4.78, 5) is 27.7. The van der Waals surface area contributed by atoms with Gasteiger partial charge in [0.05, 0.1) is 19.4 Å². The highest BCUT2D eigenvalue weighted by Crippen LogP contribution is 2.27. The van der Waals surface area contributed by atoms with E-state index in [0.717, 1.165) is 28.0 Å². The molecule has 4 rings (SSSR count). The van der Waals surface area contributed by atoms with Crippen LogP contribution in [-0.4, -0.2) is 43.5 Å². The maximum Gasteiger partial charge on any atom is 0.227 e. The number of nitrogens with zero attached hydrogens (tertiary/aromatic N) is 1. The summed E-state index contributed by atoms with van der Waals surface area (Å²) in [5, 5.41) is 3.00. The summed E-state index contributed by atoms with van der Waals surface area (Å²) in [7, 11) is 1.62. The van der Waals surface area contributed by atoms with Gasteiger partial charge in [-0.3, -0.25) is 9.59 Å². The Labute approximate surface area is 195 Å². The summed E-state index contributed by atoms with van der Waals surface area (Å²) in [6.07, 6.45) is 0.896. The molecule has 0 aromatic heterocycles. The number of carbonyl (C=O) groups excluding carboxylic acids is 2. The van der Waals surface area contributed by atoms with Gasteiger partial charge in [0.2, 0.25) is 11.8 Å². The van der Waals surface area contributed by atoms with Gasteiger partial charge in [-0.1, -0.05) is 66.2 Å². The van der Waals surface area contributed by atoms with E-state index >= 15 is 0 Å². The lowest BCUT2D eigenvalue weighted by molar-refractivity contribution is -0.131. The van der Waals surface area contributed by atoms with E-state index in [4.69, 9.17) is 4.74 Å². The summed E-state index contributed by atoms with van der Waals surface area (Å²) in [6.45, 7) is 3.49. The van der Waals surface area contributed by atoms with Crippen molar-refractivity contribution in [3.05, 3.63) is 89.5 Å². The summed E-state index contributed by atoms with van der Waals surface area (Å²) in [6, 6.07) is 24.2. The van der Waals surface area contributed by atoms with Crippen LogP contribution in [0.15, 0.2) is 72.8 Å². The van der Waals surface area contributed by atoms with Gasteiger partial charge in [0.15, 0.2) is 0 Å². The van der Waals surface area contributed by atoms with E-state index in [0.29, 0.717) is 32.5 Å². The number of methoxy groups -OCH3 is 1. The lowest BCUT2D eigenvalue weighted by atomic mass is 9.91. The van der Waals surface area contributed by atoms with Crippen molar-refractivity contribution in [3.63, 3.8) is 0 Å². The van der Waals surface area contributed by atoms with Gasteiger partial charge < -0.3 is 15.0 Å². The van der Waals surface area contributed by atoms with Crippen LogP contribution in [0.5, 0.6) is 5.75 Å².